The first-order chi connectivity index (χ1) is 6.88. The highest BCUT2D eigenvalue weighted by Gasteiger charge is 2.06. The zero-order valence-corrected chi connectivity index (χ0v) is 8.45. The lowest BCUT2D eigenvalue weighted by Gasteiger charge is -2.16. The number of hydrogen-bond donors (Lipinski definition) is 3. The largest absolute Gasteiger partial charge is 0.330 e. The third kappa shape index (κ3) is 3.46. The molecule has 1 atom stereocenters. The second-order valence-corrected chi connectivity index (χ2v) is 3.30. The fraction of sp³-hybridized carbons (Fsp3) is 0.455. The molecular weight excluding hydrogens is 174 g/mol. The minimum absolute atomic E-state index is 0.253. The molecule has 0 amide bonds. The number of rotatable bonds is 6. The molecule has 0 radical (unpaired) electrons. The van der Waals surface area contributed by atoms with E-state index >= 15 is 0 Å². The van der Waals surface area contributed by atoms with Crippen LogP contribution in [0.25, 0.3) is 0 Å². The lowest BCUT2D eigenvalue weighted by Crippen LogP contribution is -2.29. The summed E-state index contributed by atoms with van der Waals surface area (Å²) in [5.41, 5.74) is 12.4. The summed E-state index contributed by atoms with van der Waals surface area (Å²) in [6.45, 7) is 2.26. The Kier molecular flexibility index (Phi) is 5.22. The second kappa shape index (κ2) is 6.54. The van der Waals surface area contributed by atoms with Gasteiger partial charge in [0.15, 0.2) is 0 Å². The van der Waals surface area contributed by atoms with Gasteiger partial charge in [0.25, 0.3) is 0 Å². The Morgan fingerprint density at radius 3 is 2.43 bits per heavy atom. The maximum atomic E-state index is 5.69. The molecule has 1 unspecified atom stereocenters. The molecule has 0 saturated carbocycles. The summed E-state index contributed by atoms with van der Waals surface area (Å²) in [4.78, 5) is 0. The van der Waals surface area contributed by atoms with Gasteiger partial charge in [-0.25, -0.2) is 0 Å². The Hall–Kier alpha value is -0.900. The summed E-state index contributed by atoms with van der Waals surface area (Å²) in [7, 11) is 0. The second-order valence-electron chi connectivity index (χ2n) is 3.30. The van der Waals surface area contributed by atoms with E-state index in [1.54, 1.807) is 0 Å². The van der Waals surface area contributed by atoms with Crippen LogP contribution in [0.2, 0.25) is 0 Å². The SMILES string of the molecule is NCCCNC(CN)c1ccccc1. The van der Waals surface area contributed by atoms with Gasteiger partial charge in [-0.1, -0.05) is 30.3 Å². The van der Waals surface area contributed by atoms with Crippen LogP contribution in [-0.2, 0) is 0 Å². The number of nitrogens with two attached hydrogens (primary N) is 2. The van der Waals surface area contributed by atoms with E-state index in [9.17, 15) is 0 Å². The van der Waals surface area contributed by atoms with Crippen molar-refractivity contribution < 1.29 is 0 Å². The Bertz CT molecular complexity index is 236. The highest BCUT2D eigenvalue weighted by Crippen LogP contribution is 2.10. The first-order valence-corrected chi connectivity index (χ1v) is 5.07. The fourth-order valence-electron chi connectivity index (χ4n) is 1.40. The van der Waals surface area contributed by atoms with Gasteiger partial charge in [0, 0.05) is 12.6 Å². The van der Waals surface area contributed by atoms with Crippen LogP contribution in [0.1, 0.15) is 18.0 Å². The van der Waals surface area contributed by atoms with E-state index in [1.165, 1.54) is 5.56 Å². The van der Waals surface area contributed by atoms with E-state index in [-0.39, 0.29) is 6.04 Å². The number of nitrogens with one attached hydrogen (secondary N) is 1. The summed E-state index contributed by atoms with van der Waals surface area (Å²) in [5, 5.41) is 3.38. The molecule has 5 N–H and O–H groups in total. The highest BCUT2D eigenvalue weighted by atomic mass is 14.9. The molecule has 0 saturated heterocycles. The van der Waals surface area contributed by atoms with Crippen LogP contribution in [0.5, 0.6) is 0 Å². The van der Waals surface area contributed by atoms with Gasteiger partial charge >= 0.3 is 0 Å². The molecule has 1 aromatic carbocycles. The molecule has 0 fully saturated rings. The lowest BCUT2D eigenvalue weighted by molar-refractivity contribution is 0.533. The first-order valence-electron chi connectivity index (χ1n) is 5.07. The minimum atomic E-state index is 0.253. The Morgan fingerprint density at radius 2 is 1.86 bits per heavy atom. The molecule has 0 aliphatic carbocycles. The van der Waals surface area contributed by atoms with Crippen molar-refractivity contribution >= 4 is 0 Å². The van der Waals surface area contributed by atoms with Crippen LogP contribution < -0.4 is 16.8 Å². The van der Waals surface area contributed by atoms with Gasteiger partial charge in [0.1, 0.15) is 0 Å². The van der Waals surface area contributed by atoms with Crippen molar-refractivity contribution in [2.45, 2.75) is 12.5 Å². The van der Waals surface area contributed by atoms with E-state index in [2.05, 4.69) is 17.4 Å². The van der Waals surface area contributed by atoms with Crippen LogP contribution in [0, 0.1) is 0 Å². The summed E-state index contributed by atoms with van der Waals surface area (Å²) in [6.07, 6.45) is 0.989. The van der Waals surface area contributed by atoms with Gasteiger partial charge in [-0.2, -0.15) is 0 Å². The summed E-state index contributed by atoms with van der Waals surface area (Å²) in [6, 6.07) is 10.5. The predicted molar refractivity (Wildman–Crippen MR) is 59.9 cm³/mol. The Balaban J connectivity index is 2.46. The van der Waals surface area contributed by atoms with Crippen molar-refractivity contribution in [3.05, 3.63) is 35.9 Å². The average molecular weight is 193 g/mol. The predicted octanol–water partition coefficient (Wildman–Crippen LogP) is 0.625. The van der Waals surface area contributed by atoms with E-state index in [1.807, 2.05) is 18.2 Å². The zero-order valence-electron chi connectivity index (χ0n) is 8.45. The zero-order chi connectivity index (χ0) is 10.2. The van der Waals surface area contributed by atoms with Crippen LogP contribution in [0.3, 0.4) is 0 Å². The normalized spacial score (nSPS) is 12.7. The maximum Gasteiger partial charge on any atom is 0.0444 e. The van der Waals surface area contributed by atoms with Crippen molar-refractivity contribution in [2.75, 3.05) is 19.6 Å². The molecule has 78 valence electrons. The van der Waals surface area contributed by atoms with Gasteiger partial charge in [0.05, 0.1) is 0 Å². The van der Waals surface area contributed by atoms with E-state index in [4.69, 9.17) is 11.5 Å². The molecule has 1 rings (SSSR count). The third-order valence-corrected chi connectivity index (χ3v) is 2.21. The molecular formula is C11H19N3. The van der Waals surface area contributed by atoms with Gasteiger partial charge < -0.3 is 16.8 Å². The average Bonchev–Trinajstić information content (AvgIpc) is 2.26. The molecule has 0 spiro atoms. The Labute approximate surface area is 85.5 Å². The monoisotopic (exact) mass is 193 g/mol. The molecule has 14 heavy (non-hydrogen) atoms. The molecule has 0 bridgehead atoms. The molecule has 0 aliphatic rings. The summed E-state index contributed by atoms with van der Waals surface area (Å²) in [5.74, 6) is 0. The molecule has 0 aromatic heterocycles. The summed E-state index contributed by atoms with van der Waals surface area (Å²) < 4.78 is 0. The fourth-order valence-corrected chi connectivity index (χ4v) is 1.40. The molecule has 1 aromatic rings. The molecule has 3 nitrogen and oxygen atoms in total. The van der Waals surface area contributed by atoms with Gasteiger partial charge in [-0.05, 0) is 25.1 Å². The van der Waals surface area contributed by atoms with Gasteiger partial charge in [0.2, 0.25) is 0 Å². The molecule has 3 heteroatoms. The van der Waals surface area contributed by atoms with Crippen molar-refractivity contribution in [1.82, 2.24) is 5.32 Å². The first kappa shape index (κ1) is 11.2. The third-order valence-electron chi connectivity index (χ3n) is 2.21. The minimum Gasteiger partial charge on any atom is -0.330 e. The number of hydrogen-bond acceptors (Lipinski definition) is 3. The lowest BCUT2D eigenvalue weighted by atomic mass is 10.1. The van der Waals surface area contributed by atoms with E-state index in [0.717, 1.165) is 19.5 Å². The number of benzene rings is 1. The van der Waals surface area contributed by atoms with Crippen molar-refractivity contribution in [2.24, 2.45) is 11.5 Å². The molecule has 0 aliphatic heterocycles. The van der Waals surface area contributed by atoms with Gasteiger partial charge in [-0.15, -0.1) is 0 Å². The smallest absolute Gasteiger partial charge is 0.0444 e. The standard InChI is InChI=1S/C11H19N3/c12-7-4-8-14-11(9-13)10-5-2-1-3-6-10/h1-3,5-6,11,14H,4,7-9,12-13H2. The maximum absolute atomic E-state index is 5.69. The van der Waals surface area contributed by atoms with Crippen LogP contribution in [-0.4, -0.2) is 19.6 Å². The van der Waals surface area contributed by atoms with Crippen molar-refractivity contribution in [1.29, 1.82) is 0 Å². The van der Waals surface area contributed by atoms with Crippen LogP contribution in [0.15, 0.2) is 30.3 Å². The topological polar surface area (TPSA) is 64.1 Å². The molecule has 0 heterocycles. The van der Waals surface area contributed by atoms with Gasteiger partial charge in [-0.3, -0.25) is 0 Å². The van der Waals surface area contributed by atoms with Crippen LogP contribution in [0.4, 0.5) is 0 Å². The van der Waals surface area contributed by atoms with Crippen LogP contribution >= 0.6 is 0 Å². The summed E-state index contributed by atoms with van der Waals surface area (Å²) >= 11 is 0. The van der Waals surface area contributed by atoms with E-state index in [0.29, 0.717) is 6.54 Å². The highest BCUT2D eigenvalue weighted by molar-refractivity contribution is 5.19. The Morgan fingerprint density at radius 1 is 1.14 bits per heavy atom. The van der Waals surface area contributed by atoms with Crippen molar-refractivity contribution in [3.8, 4) is 0 Å². The van der Waals surface area contributed by atoms with Crippen molar-refractivity contribution in [3.63, 3.8) is 0 Å². The quantitative estimate of drug-likeness (QED) is 0.580. The van der Waals surface area contributed by atoms with E-state index < -0.39 is 0 Å².